The quantitative estimate of drug-likeness (QED) is 0.266. The summed E-state index contributed by atoms with van der Waals surface area (Å²) in [6.07, 6.45) is 1.68. The lowest BCUT2D eigenvalue weighted by molar-refractivity contribution is 0.372. The first-order valence-corrected chi connectivity index (χ1v) is 12.3. The standard InChI is InChI=1S/C23H13BrClF2N3O3S/c24-17-5-10(33-29-17)8-30-21(13-7-16(27)15(26)6-12(13)9-1-2-9)28-22-18(23(30)32)11-3-4-14(25)19(31)20(11)34-22/h3-7,9,31H,1-2,8H2. The molecule has 2 aromatic carbocycles. The Morgan fingerprint density at radius 2 is 2.00 bits per heavy atom. The molecular formula is C23H13BrClF2N3O3S. The fourth-order valence-corrected chi connectivity index (χ4v) is 5.79. The molecule has 1 fully saturated rings. The molecule has 6 rings (SSSR count). The summed E-state index contributed by atoms with van der Waals surface area (Å²) in [7, 11) is 0. The second-order valence-corrected chi connectivity index (χ2v) is 10.3. The van der Waals surface area contributed by atoms with Gasteiger partial charge in [0.25, 0.3) is 5.56 Å². The molecule has 0 spiro atoms. The first kappa shape index (κ1) is 21.7. The van der Waals surface area contributed by atoms with Gasteiger partial charge in [-0.25, -0.2) is 13.8 Å². The molecule has 34 heavy (non-hydrogen) atoms. The molecule has 1 saturated carbocycles. The number of phenols is 1. The van der Waals surface area contributed by atoms with Crippen LogP contribution in [0.25, 0.3) is 31.7 Å². The van der Waals surface area contributed by atoms with Crippen LogP contribution in [0.2, 0.25) is 5.02 Å². The molecule has 0 amide bonds. The summed E-state index contributed by atoms with van der Waals surface area (Å²) in [4.78, 5) is 18.9. The number of aromatic nitrogens is 3. The average molecular weight is 565 g/mol. The van der Waals surface area contributed by atoms with Crippen molar-refractivity contribution in [1.82, 2.24) is 14.7 Å². The van der Waals surface area contributed by atoms with E-state index in [1.807, 2.05) is 0 Å². The topological polar surface area (TPSA) is 81.2 Å². The molecule has 0 unspecified atom stereocenters. The minimum absolute atomic E-state index is 0.0320. The van der Waals surface area contributed by atoms with Crippen molar-refractivity contribution in [3.05, 3.63) is 73.3 Å². The van der Waals surface area contributed by atoms with Gasteiger partial charge < -0.3 is 9.63 Å². The molecule has 3 heterocycles. The van der Waals surface area contributed by atoms with Crippen LogP contribution in [0.1, 0.15) is 30.1 Å². The van der Waals surface area contributed by atoms with E-state index in [4.69, 9.17) is 21.1 Å². The molecule has 0 aliphatic heterocycles. The molecular weight excluding hydrogens is 552 g/mol. The Kier molecular flexibility index (Phi) is 5.02. The predicted octanol–water partition coefficient (Wildman–Crippen LogP) is 6.59. The van der Waals surface area contributed by atoms with Gasteiger partial charge in [0, 0.05) is 17.0 Å². The maximum Gasteiger partial charge on any atom is 0.263 e. The van der Waals surface area contributed by atoms with E-state index in [9.17, 15) is 18.7 Å². The molecule has 0 radical (unpaired) electrons. The summed E-state index contributed by atoms with van der Waals surface area (Å²) in [5.41, 5.74) is 0.537. The maximum absolute atomic E-state index is 14.4. The van der Waals surface area contributed by atoms with Gasteiger partial charge in [0.15, 0.2) is 23.1 Å². The van der Waals surface area contributed by atoms with Crippen molar-refractivity contribution >= 4 is 59.2 Å². The van der Waals surface area contributed by atoms with Crippen LogP contribution in [0.5, 0.6) is 5.75 Å². The van der Waals surface area contributed by atoms with Crippen LogP contribution >= 0.6 is 38.9 Å². The second-order valence-electron chi connectivity index (χ2n) is 8.13. The highest BCUT2D eigenvalue weighted by atomic mass is 79.9. The van der Waals surface area contributed by atoms with Gasteiger partial charge in [-0.3, -0.25) is 9.36 Å². The normalized spacial score (nSPS) is 13.9. The van der Waals surface area contributed by atoms with E-state index in [0.717, 1.165) is 30.2 Å². The number of rotatable bonds is 4. The maximum atomic E-state index is 14.4. The Balaban J connectivity index is 1.70. The SMILES string of the molecule is O=c1c2c(nc(-c3cc(F)c(F)cc3C3CC3)n1Cc1cc(Br)no1)sc1c(O)c(Cl)ccc12. The Morgan fingerprint density at radius 3 is 2.71 bits per heavy atom. The van der Waals surface area contributed by atoms with Crippen LogP contribution in [0.3, 0.4) is 0 Å². The number of thiophene rings is 1. The smallest absolute Gasteiger partial charge is 0.263 e. The van der Waals surface area contributed by atoms with E-state index < -0.39 is 17.2 Å². The Hall–Kier alpha value is -2.82. The fourth-order valence-electron chi connectivity index (χ4n) is 4.14. The van der Waals surface area contributed by atoms with E-state index >= 15 is 0 Å². The van der Waals surface area contributed by atoms with Gasteiger partial charge in [-0.2, -0.15) is 0 Å². The highest BCUT2D eigenvalue weighted by molar-refractivity contribution is 9.10. The highest BCUT2D eigenvalue weighted by Crippen LogP contribution is 2.46. The van der Waals surface area contributed by atoms with Gasteiger partial charge in [-0.15, -0.1) is 11.3 Å². The summed E-state index contributed by atoms with van der Waals surface area (Å²) in [5.74, 6) is -1.49. The van der Waals surface area contributed by atoms with Crippen molar-refractivity contribution in [2.75, 3.05) is 0 Å². The minimum atomic E-state index is -1.02. The molecule has 11 heteroatoms. The Labute approximate surface area is 207 Å². The minimum Gasteiger partial charge on any atom is -0.505 e. The summed E-state index contributed by atoms with van der Waals surface area (Å²) >= 11 is 10.4. The zero-order chi connectivity index (χ0) is 23.7. The van der Waals surface area contributed by atoms with E-state index in [-0.39, 0.29) is 29.1 Å². The van der Waals surface area contributed by atoms with Crippen LogP contribution in [0, 0.1) is 11.6 Å². The number of phenolic OH excluding ortho intramolecular Hbond substituents is 1. The molecule has 0 atom stereocenters. The number of fused-ring (bicyclic) bond motifs is 3. The Morgan fingerprint density at radius 1 is 1.24 bits per heavy atom. The van der Waals surface area contributed by atoms with Gasteiger partial charge in [0.05, 0.1) is 21.7 Å². The Bertz CT molecular complexity index is 1690. The number of benzene rings is 2. The zero-order valence-electron chi connectivity index (χ0n) is 17.1. The van der Waals surface area contributed by atoms with Crippen LogP contribution in [0.15, 0.2) is 44.3 Å². The monoisotopic (exact) mass is 563 g/mol. The molecule has 5 aromatic rings. The van der Waals surface area contributed by atoms with E-state index in [2.05, 4.69) is 21.1 Å². The lowest BCUT2D eigenvalue weighted by atomic mass is 10.0. The van der Waals surface area contributed by atoms with Crippen LogP contribution < -0.4 is 5.56 Å². The first-order valence-electron chi connectivity index (χ1n) is 10.3. The number of aromatic hydroxyl groups is 1. The van der Waals surface area contributed by atoms with Crippen LogP contribution in [-0.2, 0) is 6.54 Å². The number of hydrogen-bond acceptors (Lipinski definition) is 6. The highest BCUT2D eigenvalue weighted by Gasteiger charge is 2.30. The summed E-state index contributed by atoms with van der Waals surface area (Å²) < 4.78 is 36.1. The summed E-state index contributed by atoms with van der Waals surface area (Å²) in [6.45, 7) is -0.0320. The third-order valence-corrected chi connectivity index (χ3v) is 7.67. The van der Waals surface area contributed by atoms with Crippen LogP contribution in [0.4, 0.5) is 8.78 Å². The molecule has 1 N–H and O–H groups in total. The van der Waals surface area contributed by atoms with E-state index in [1.54, 1.807) is 12.1 Å². The van der Waals surface area contributed by atoms with Crippen molar-refractivity contribution in [2.45, 2.75) is 25.3 Å². The van der Waals surface area contributed by atoms with Crippen molar-refractivity contribution in [3.8, 4) is 17.1 Å². The molecule has 1 aliphatic carbocycles. The van der Waals surface area contributed by atoms with E-state index in [1.165, 1.54) is 16.7 Å². The molecule has 3 aromatic heterocycles. The summed E-state index contributed by atoms with van der Waals surface area (Å²) in [5, 5.41) is 15.2. The van der Waals surface area contributed by atoms with Gasteiger partial charge in [0.1, 0.15) is 15.3 Å². The largest absolute Gasteiger partial charge is 0.505 e. The second kappa shape index (κ2) is 7.86. The summed E-state index contributed by atoms with van der Waals surface area (Å²) in [6, 6.07) is 7.05. The van der Waals surface area contributed by atoms with Crippen molar-refractivity contribution in [3.63, 3.8) is 0 Å². The van der Waals surface area contributed by atoms with Gasteiger partial charge in [0.2, 0.25) is 0 Å². The average Bonchev–Trinajstić information content (AvgIpc) is 3.46. The van der Waals surface area contributed by atoms with Crippen molar-refractivity contribution < 1.29 is 18.4 Å². The van der Waals surface area contributed by atoms with Crippen molar-refractivity contribution in [1.29, 1.82) is 0 Å². The molecule has 172 valence electrons. The number of hydrogen-bond donors (Lipinski definition) is 1. The molecule has 6 nitrogen and oxygen atoms in total. The lowest BCUT2D eigenvalue weighted by Crippen LogP contribution is -2.24. The van der Waals surface area contributed by atoms with Crippen molar-refractivity contribution in [2.24, 2.45) is 0 Å². The third-order valence-electron chi connectivity index (χ3n) is 5.88. The number of nitrogens with zero attached hydrogens (tertiary/aromatic N) is 3. The van der Waals surface area contributed by atoms with Gasteiger partial charge >= 0.3 is 0 Å². The molecule has 0 saturated heterocycles. The first-order chi connectivity index (χ1) is 16.3. The number of halogens is 4. The fraction of sp³-hybridized carbons (Fsp3) is 0.174. The zero-order valence-corrected chi connectivity index (χ0v) is 20.3. The third kappa shape index (κ3) is 3.43. The van der Waals surface area contributed by atoms with Crippen LogP contribution in [-0.4, -0.2) is 19.8 Å². The van der Waals surface area contributed by atoms with E-state index in [0.29, 0.717) is 41.8 Å². The van der Waals surface area contributed by atoms with Gasteiger partial charge in [-0.05, 0) is 58.5 Å². The molecule has 1 aliphatic rings. The van der Waals surface area contributed by atoms with Gasteiger partial charge in [-0.1, -0.05) is 22.8 Å². The predicted molar refractivity (Wildman–Crippen MR) is 129 cm³/mol. The molecule has 0 bridgehead atoms. The lowest BCUT2D eigenvalue weighted by Gasteiger charge is -2.15.